The number of hydrogen-bond acceptors (Lipinski definition) is 5. The van der Waals surface area contributed by atoms with Gasteiger partial charge in [0.15, 0.2) is 0 Å². The Hall–Kier alpha value is -2.73. The summed E-state index contributed by atoms with van der Waals surface area (Å²) in [5.41, 5.74) is 3.66. The molecular weight excluding hydrogens is 322 g/mol. The lowest BCUT2D eigenvalue weighted by Gasteiger charge is -2.04. The zero-order valence-electron chi connectivity index (χ0n) is 13.4. The number of methoxy groups -OCH3 is 1. The molecule has 3 rings (SSSR count). The maximum atomic E-state index is 12.1. The van der Waals surface area contributed by atoms with E-state index in [1.165, 1.54) is 5.56 Å². The lowest BCUT2D eigenvalue weighted by atomic mass is 10.1. The summed E-state index contributed by atoms with van der Waals surface area (Å²) in [6, 6.07) is 11.6. The minimum Gasteiger partial charge on any atom is -0.481 e. The molecule has 0 atom stereocenters. The number of benzene rings is 1. The van der Waals surface area contributed by atoms with Gasteiger partial charge in [-0.2, -0.15) is 0 Å². The maximum Gasteiger partial charge on any atom is 0.230 e. The van der Waals surface area contributed by atoms with Crippen molar-refractivity contribution in [2.75, 3.05) is 12.4 Å². The summed E-state index contributed by atoms with van der Waals surface area (Å²) in [6.45, 7) is 2.05. The van der Waals surface area contributed by atoms with Crippen LogP contribution in [0.3, 0.4) is 0 Å². The molecule has 24 heavy (non-hydrogen) atoms. The first-order valence-electron chi connectivity index (χ1n) is 7.45. The molecule has 1 aromatic carbocycles. The summed E-state index contributed by atoms with van der Waals surface area (Å²) in [4.78, 5) is 20.7. The number of nitrogens with zero attached hydrogens (tertiary/aromatic N) is 2. The molecule has 5 nitrogen and oxygen atoms in total. The first-order chi connectivity index (χ1) is 11.6. The highest BCUT2D eigenvalue weighted by molar-refractivity contribution is 7.13. The van der Waals surface area contributed by atoms with Crippen LogP contribution in [0.4, 0.5) is 5.69 Å². The summed E-state index contributed by atoms with van der Waals surface area (Å²) in [5, 5.41) is 5.65. The Labute approximate surface area is 144 Å². The van der Waals surface area contributed by atoms with Crippen molar-refractivity contribution in [3.05, 3.63) is 59.2 Å². The topological polar surface area (TPSA) is 64.1 Å². The SMILES string of the molecule is COc1ccc(NC(=O)Cc2csc(-c3cccc(C)c3)n2)cn1. The Morgan fingerprint density at radius 1 is 1.29 bits per heavy atom. The number of aryl methyl sites for hydroxylation is 1. The quantitative estimate of drug-likeness (QED) is 0.770. The lowest BCUT2D eigenvalue weighted by molar-refractivity contribution is -0.115. The third-order valence-corrected chi connectivity index (χ3v) is 4.33. The van der Waals surface area contributed by atoms with E-state index in [4.69, 9.17) is 4.74 Å². The number of anilines is 1. The Bertz CT molecular complexity index is 843. The maximum absolute atomic E-state index is 12.1. The fraction of sp³-hybridized carbons (Fsp3) is 0.167. The standard InChI is InChI=1S/C18H17N3O2S/c1-12-4-3-5-13(8-12)18-21-15(11-24-18)9-16(22)20-14-6-7-17(23-2)19-10-14/h3-8,10-11H,9H2,1-2H3,(H,20,22). The zero-order valence-corrected chi connectivity index (χ0v) is 14.3. The number of hydrogen-bond donors (Lipinski definition) is 1. The normalized spacial score (nSPS) is 10.4. The molecule has 0 aliphatic heterocycles. The highest BCUT2D eigenvalue weighted by Gasteiger charge is 2.10. The Morgan fingerprint density at radius 2 is 2.17 bits per heavy atom. The molecule has 0 unspecified atom stereocenters. The van der Waals surface area contributed by atoms with Crippen molar-refractivity contribution in [3.8, 4) is 16.5 Å². The number of thiazole rings is 1. The van der Waals surface area contributed by atoms with Crippen LogP contribution in [0.2, 0.25) is 0 Å². The van der Waals surface area contributed by atoms with Crippen molar-refractivity contribution in [2.45, 2.75) is 13.3 Å². The summed E-state index contributed by atoms with van der Waals surface area (Å²) in [7, 11) is 1.55. The Morgan fingerprint density at radius 3 is 2.88 bits per heavy atom. The van der Waals surface area contributed by atoms with E-state index < -0.39 is 0 Å². The summed E-state index contributed by atoms with van der Waals surface area (Å²) in [5.74, 6) is 0.387. The second-order valence-electron chi connectivity index (χ2n) is 5.33. The third-order valence-electron chi connectivity index (χ3n) is 3.39. The van der Waals surface area contributed by atoms with E-state index in [9.17, 15) is 4.79 Å². The van der Waals surface area contributed by atoms with E-state index in [1.54, 1.807) is 36.8 Å². The minimum atomic E-state index is -0.122. The van der Waals surface area contributed by atoms with E-state index >= 15 is 0 Å². The van der Waals surface area contributed by atoms with Gasteiger partial charge in [0.2, 0.25) is 11.8 Å². The second-order valence-corrected chi connectivity index (χ2v) is 6.19. The molecule has 0 fully saturated rings. The van der Waals surface area contributed by atoms with E-state index in [1.807, 2.05) is 30.5 Å². The summed E-state index contributed by atoms with van der Waals surface area (Å²) in [6.07, 6.45) is 1.80. The largest absolute Gasteiger partial charge is 0.481 e. The number of rotatable bonds is 5. The van der Waals surface area contributed by atoms with Gasteiger partial charge in [-0.3, -0.25) is 4.79 Å². The minimum absolute atomic E-state index is 0.122. The van der Waals surface area contributed by atoms with Gasteiger partial charge in [-0.25, -0.2) is 9.97 Å². The van der Waals surface area contributed by atoms with Crippen molar-refractivity contribution >= 4 is 22.9 Å². The molecule has 1 N–H and O–H groups in total. The first kappa shape index (κ1) is 16.1. The van der Waals surface area contributed by atoms with E-state index in [-0.39, 0.29) is 12.3 Å². The van der Waals surface area contributed by atoms with Crippen LogP contribution in [0.5, 0.6) is 5.88 Å². The lowest BCUT2D eigenvalue weighted by Crippen LogP contribution is -2.14. The molecule has 0 bridgehead atoms. The van der Waals surface area contributed by atoms with Crippen LogP contribution in [-0.4, -0.2) is 23.0 Å². The van der Waals surface area contributed by atoms with Crippen molar-refractivity contribution in [2.24, 2.45) is 0 Å². The van der Waals surface area contributed by atoms with Crippen LogP contribution >= 0.6 is 11.3 Å². The number of carbonyl (C=O) groups is 1. The molecule has 2 aromatic heterocycles. The van der Waals surface area contributed by atoms with Gasteiger partial charge in [-0.15, -0.1) is 11.3 Å². The van der Waals surface area contributed by atoms with Gasteiger partial charge < -0.3 is 10.1 Å². The smallest absolute Gasteiger partial charge is 0.230 e. The van der Waals surface area contributed by atoms with Crippen molar-refractivity contribution in [1.29, 1.82) is 0 Å². The molecule has 0 saturated heterocycles. The predicted molar refractivity (Wildman–Crippen MR) is 95.4 cm³/mol. The highest BCUT2D eigenvalue weighted by atomic mass is 32.1. The molecule has 1 amide bonds. The Balaban J connectivity index is 1.64. The molecule has 0 saturated carbocycles. The average Bonchev–Trinajstić information content (AvgIpc) is 3.04. The molecule has 6 heteroatoms. The van der Waals surface area contributed by atoms with E-state index in [0.717, 1.165) is 16.3 Å². The second kappa shape index (κ2) is 7.23. The van der Waals surface area contributed by atoms with Crippen LogP contribution in [0, 0.1) is 6.92 Å². The summed E-state index contributed by atoms with van der Waals surface area (Å²) >= 11 is 1.54. The molecule has 122 valence electrons. The number of carbonyl (C=O) groups excluding carboxylic acids is 1. The molecule has 0 aliphatic rings. The molecular formula is C18H17N3O2S. The monoisotopic (exact) mass is 339 g/mol. The third kappa shape index (κ3) is 3.97. The number of ether oxygens (including phenoxy) is 1. The summed E-state index contributed by atoms with van der Waals surface area (Å²) < 4.78 is 4.99. The van der Waals surface area contributed by atoms with Crippen LogP contribution in [0.15, 0.2) is 48.0 Å². The highest BCUT2D eigenvalue weighted by Crippen LogP contribution is 2.24. The van der Waals surface area contributed by atoms with Gasteiger partial charge in [0.1, 0.15) is 5.01 Å². The van der Waals surface area contributed by atoms with Gasteiger partial charge in [0.05, 0.1) is 31.1 Å². The number of nitrogens with one attached hydrogen (secondary N) is 1. The van der Waals surface area contributed by atoms with Gasteiger partial charge in [0.25, 0.3) is 0 Å². The zero-order chi connectivity index (χ0) is 16.9. The Kier molecular flexibility index (Phi) is 4.86. The van der Waals surface area contributed by atoms with Crippen LogP contribution in [-0.2, 0) is 11.2 Å². The van der Waals surface area contributed by atoms with Crippen molar-refractivity contribution < 1.29 is 9.53 Å². The van der Waals surface area contributed by atoms with Crippen LogP contribution < -0.4 is 10.1 Å². The predicted octanol–water partition coefficient (Wildman–Crippen LogP) is 3.70. The fourth-order valence-electron chi connectivity index (χ4n) is 2.24. The molecule has 2 heterocycles. The van der Waals surface area contributed by atoms with Gasteiger partial charge in [0, 0.05) is 17.0 Å². The number of pyridine rings is 1. The van der Waals surface area contributed by atoms with Crippen molar-refractivity contribution in [1.82, 2.24) is 9.97 Å². The van der Waals surface area contributed by atoms with Crippen LogP contribution in [0.1, 0.15) is 11.3 Å². The molecule has 3 aromatic rings. The van der Waals surface area contributed by atoms with E-state index in [0.29, 0.717) is 11.6 Å². The van der Waals surface area contributed by atoms with E-state index in [2.05, 4.69) is 21.4 Å². The number of aromatic nitrogens is 2. The fourth-order valence-corrected chi connectivity index (χ4v) is 3.06. The van der Waals surface area contributed by atoms with Crippen molar-refractivity contribution in [3.63, 3.8) is 0 Å². The van der Waals surface area contributed by atoms with Gasteiger partial charge in [-0.05, 0) is 19.1 Å². The molecule has 0 spiro atoms. The van der Waals surface area contributed by atoms with Gasteiger partial charge in [-0.1, -0.05) is 23.8 Å². The van der Waals surface area contributed by atoms with Crippen LogP contribution in [0.25, 0.3) is 10.6 Å². The molecule has 0 aliphatic carbocycles. The first-order valence-corrected chi connectivity index (χ1v) is 8.33. The average molecular weight is 339 g/mol. The number of amides is 1. The van der Waals surface area contributed by atoms with Gasteiger partial charge >= 0.3 is 0 Å². The molecule has 0 radical (unpaired) electrons.